The second-order valence-corrected chi connectivity index (χ2v) is 6.18. The first kappa shape index (κ1) is 16.5. The summed E-state index contributed by atoms with van der Waals surface area (Å²) in [7, 11) is 4.05. The van der Waals surface area contributed by atoms with E-state index in [4.69, 9.17) is 4.74 Å². The van der Waals surface area contributed by atoms with E-state index < -0.39 is 11.7 Å². The quantitative estimate of drug-likeness (QED) is 0.897. The van der Waals surface area contributed by atoms with Crippen LogP contribution in [0.25, 0.3) is 0 Å². The molecule has 1 aromatic rings. The number of nitrogens with one attached hydrogen (secondary N) is 1. The van der Waals surface area contributed by atoms with E-state index in [1.165, 1.54) is 0 Å². The Morgan fingerprint density at radius 2 is 2.15 bits per heavy atom. The molecular weight excluding hydrogens is 256 g/mol. The van der Waals surface area contributed by atoms with Crippen LogP contribution in [-0.4, -0.2) is 46.8 Å². The van der Waals surface area contributed by atoms with Gasteiger partial charge in [0.1, 0.15) is 5.60 Å². The molecule has 0 bridgehead atoms. The molecule has 6 heteroatoms. The van der Waals surface area contributed by atoms with Gasteiger partial charge in [-0.3, -0.25) is 0 Å². The van der Waals surface area contributed by atoms with Crippen LogP contribution in [0.2, 0.25) is 0 Å². The lowest BCUT2D eigenvalue weighted by atomic mass is 10.2. The van der Waals surface area contributed by atoms with E-state index in [9.17, 15) is 4.79 Å². The molecule has 1 N–H and O–H groups in total. The minimum absolute atomic E-state index is 0.144. The first-order valence-electron chi connectivity index (χ1n) is 6.83. The number of nitrogens with zero attached hydrogens (tertiary/aromatic N) is 3. The molecule has 114 valence electrons. The molecule has 1 atom stereocenters. The number of ether oxygens (including phenoxy) is 1. The fraction of sp³-hybridized carbons (Fsp3) is 0.714. The molecule has 1 aromatic heterocycles. The van der Waals surface area contributed by atoms with Gasteiger partial charge in [0.2, 0.25) is 0 Å². The first-order valence-corrected chi connectivity index (χ1v) is 6.83. The topological polar surface area (TPSA) is 59.4 Å². The highest BCUT2D eigenvalue weighted by Gasteiger charge is 2.19. The van der Waals surface area contributed by atoms with Crippen molar-refractivity contribution in [2.24, 2.45) is 0 Å². The average Bonchev–Trinajstić information content (AvgIpc) is 2.71. The lowest BCUT2D eigenvalue weighted by Gasteiger charge is -2.22. The number of aromatic nitrogens is 2. The number of imidazole rings is 1. The molecule has 0 aliphatic heterocycles. The number of carbonyl (C=O) groups is 1. The lowest BCUT2D eigenvalue weighted by Crippen LogP contribution is -2.34. The van der Waals surface area contributed by atoms with Gasteiger partial charge in [0.25, 0.3) is 0 Å². The normalized spacial score (nSPS) is 13.3. The maximum absolute atomic E-state index is 11.8. The SMILES string of the molecule is CC(NC(=O)OC(C)(C)C)c1cncn1CCN(C)C. The molecule has 6 nitrogen and oxygen atoms in total. The highest BCUT2D eigenvalue weighted by atomic mass is 16.6. The third kappa shape index (κ3) is 5.61. The largest absolute Gasteiger partial charge is 0.444 e. The molecule has 1 heterocycles. The molecule has 1 rings (SSSR count). The van der Waals surface area contributed by atoms with Crippen molar-refractivity contribution in [1.29, 1.82) is 0 Å². The van der Waals surface area contributed by atoms with Crippen molar-refractivity contribution >= 4 is 6.09 Å². The molecule has 0 aliphatic carbocycles. The van der Waals surface area contributed by atoms with Crippen LogP contribution in [0.4, 0.5) is 4.79 Å². The molecule has 0 aromatic carbocycles. The lowest BCUT2D eigenvalue weighted by molar-refractivity contribution is 0.0506. The predicted molar refractivity (Wildman–Crippen MR) is 78.6 cm³/mol. The second-order valence-electron chi connectivity index (χ2n) is 6.18. The van der Waals surface area contributed by atoms with E-state index in [-0.39, 0.29) is 6.04 Å². The van der Waals surface area contributed by atoms with Crippen LogP contribution in [-0.2, 0) is 11.3 Å². The van der Waals surface area contributed by atoms with E-state index in [0.717, 1.165) is 18.8 Å². The highest BCUT2D eigenvalue weighted by molar-refractivity contribution is 5.68. The Morgan fingerprint density at radius 1 is 1.50 bits per heavy atom. The van der Waals surface area contributed by atoms with Crippen LogP contribution in [0.3, 0.4) is 0 Å². The molecule has 1 amide bonds. The summed E-state index contributed by atoms with van der Waals surface area (Å²) in [6.45, 7) is 9.22. The van der Waals surface area contributed by atoms with E-state index in [1.54, 1.807) is 12.5 Å². The molecule has 1 unspecified atom stereocenters. The van der Waals surface area contributed by atoms with Gasteiger partial charge in [-0.15, -0.1) is 0 Å². The van der Waals surface area contributed by atoms with Crippen molar-refractivity contribution in [3.8, 4) is 0 Å². The average molecular weight is 282 g/mol. The molecule has 0 radical (unpaired) electrons. The maximum Gasteiger partial charge on any atom is 0.408 e. The fourth-order valence-electron chi connectivity index (χ4n) is 1.74. The number of alkyl carbamates (subject to hydrolysis) is 1. The van der Waals surface area contributed by atoms with Crippen molar-refractivity contribution in [3.63, 3.8) is 0 Å². The van der Waals surface area contributed by atoms with Gasteiger partial charge in [-0.1, -0.05) is 0 Å². The molecule has 0 aliphatic rings. The zero-order chi connectivity index (χ0) is 15.3. The predicted octanol–water partition coefficient (Wildman–Crippen LogP) is 2.03. The minimum Gasteiger partial charge on any atom is -0.444 e. The van der Waals surface area contributed by atoms with Crippen LogP contribution in [0.5, 0.6) is 0 Å². The number of carbonyl (C=O) groups excluding carboxylic acids is 1. The molecule has 0 fully saturated rings. The van der Waals surface area contributed by atoms with Crippen molar-refractivity contribution < 1.29 is 9.53 Å². The third-order valence-electron chi connectivity index (χ3n) is 2.71. The smallest absolute Gasteiger partial charge is 0.408 e. The molecule has 20 heavy (non-hydrogen) atoms. The summed E-state index contributed by atoms with van der Waals surface area (Å²) in [6.07, 6.45) is 3.15. The summed E-state index contributed by atoms with van der Waals surface area (Å²) >= 11 is 0. The van der Waals surface area contributed by atoms with Gasteiger partial charge in [-0.25, -0.2) is 9.78 Å². The zero-order valence-corrected chi connectivity index (χ0v) is 13.3. The van der Waals surface area contributed by atoms with E-state index in [2.05, 4.69) is 15.2 Å². The van der Waals surface area contributed by atoms with Gasteiger partial charge in [0, 0.05) is 13.1 Å². The zero-order valence-electron chi connectivity index (χ0n) is 13.3. The first-order chi connectivity index (χ1) is 9.19. The number of hydrogen-bond acceptors (Lipinski definition) is 4. The van der Waals surface area contributed by atoms with Crippen molar-refractivity contribution in [2.75, 3.05) is 20.6 Å². The monoisotopic (exact) mass is 282 g/mol. The maximum atomic E-state index is 11.8. The molecule has 0 saturated carbocycles. The standard InChI is InChI=1S/C14H26N4O2/c1-11(16-13(19)20-14(2,3)4)12-9-15-10-18(12)8-7-17(5)6/h9-11H,7-8H2,1-6H3,(H,16,19). The third-order valence-corrected chi connectivity index (χ3v) is 2.71. The van der Waals surface area contributed by atoms with Crippen LogP contribution >= 0.6 is 0 Å². The molecular formula is C14H26N4O2. The Hall–Kier alpha value is -1.56. The van der Waals surface area contributed by atoms with Crippen LogP contribution in [0.1, 0.15) is 39.4 Å². The summed E-state index contributed by atoms with van der Waals surface area (Å²) in [5.41, 5.74) is 0.479. The van der Waals surface area contributed by atoms with E-state index in [1.807, 2.05) is 46.4 Å². The van der Waals surface area contributed by atoms with Gasteiger partial charge in [0.15, 0.2) is 0 Å². The summed E-state index contributed by atoms with van der Waals surface area (Å²) in [4.78, 5) is 18.0. The van der Waals surface area contributed by atoms with Crippen molar-refractivity contribution in [1.82, 2.24) is 19.8 Å². The highest BCUT2D eigenvalue weighted by Crippen LogP contribution is 2.14. The Morgan fingerprint density at radius 3 is 2.70 bits per heavy atom. The number of hydrogen-bond donors (Lipinski definition) is 1. The summed E-state index contributed by atoms with van der Waals surface area (Å²) in [5, 5.41) is 2.83. The Bertz CT molecular complexity index is 435. The molecule has 0 spiro atoms. The van der Waals surface area contributed by atoms with Crippen LogP contribution < -0.4 is 5.32 Å². The summed E-state index contributed by atoms with van der Waals surface area (Å²) in [5.74, 6) is 0. The molecule has 0 saturated heterocycles. The van der Waals surface area contributed by atoms with Gasteiger partial charge >= 0.3 is 6.09 Å². The fourth-order valence-corrected chi connectivity index (χ4v) is 1.74. The van der Waals surface area contributed by atoms with Gasteiger partial charge < -0.3 is 19.5 Å². The Labute approximate surface area is 121 Å². The second kappa shape index (κ2) is 6.74. The Balaban J connectivity index is 2.61. The van der Waals surface area contributed by atoms with Gasteiger partial charge in [-0.05, 0) is 41.8 Å². The Kier molecular flexibility index (Phi) is 5.56. The minimum atomic E-state index is -0.491. The van der Waals surface area contributed by atoms with Gasteiger partial charge in [-0.2, -0.15) is 0 Å². The van der Waals surface area contributed by atoms with Crippen LogP contribution in [0.15, 0.2) is 12.5 Å². The number of likely N-dealkylation sites (N-methyl/N-ethyl adjacent to an activating group) is 1. The van der Waals surface area contributed by atoms with E-state index in [0.29, 0.717) is 0 Å². The summed E-state index contributed by atoms with van der Waals surface area (Å²) in [6, 6.07) is -0.144. The van der Waals surface area contributed by atoms with Crippen molar-refractivity contribution in [3.05, 3.63) is 18.2 Å². The van der Waals surface area contributed by atoms with Gasteiger partial charge in [0.05, 0.1) is 24.3 Å². The number of rotatable bonds is 5. The van der Waals surface area contributed by atoms with Crippen LogP contribution in [0, 0.1) is 0 Å². The number of amides is 1. The summed E-state index contributed by atoms with van der Waals surface area (Å²) < 4.78 is 7.30. The van der Waals surface area contributed by atoms with E-state index >= 15 is 0 Å². The van der Waals surface area contributed by atoms with Crippen molar-refractivity contribution in [2.45, 2.75) is 45.9 Å².